The molecule has 1 saturated heterocycles. The van der Waals surface area contributed by atoms with Gasteiger partial charge in [-0.15, -0.1) is 0 Å². The maximum absolute atomic E-state index is 13.1. The van der Waals surface area contributed by atoms with E-state index in [0.717, 1.165) is 44.5 Å². The summed E-state index contributed by atoms with van der Waals surface area (Å²) < 4.78 is 13.1. The van der Waals surface area contributed by atoms with Gasteiger partial charge in [0.05, 0.1) is 5.60 Å². The van der Waals surface area contributed by atoms with Crippen LogP contribution in [0.4, 0.5) is 4.39 Å². The maximum atomic E-state index is 13.1. The van der Waals surface area contributed by atoms with Crippen LogP contribution in [0.25, 0.3) is 0 Å². The van der Waals surface area contributed by atoms with Crippen LogP contribution in [0.5, 0.6) is 0 Å². The van der Waals surface area contributed by atoms with Crippen molar-refractivity contribution in [1.29, 1.82) is 0 Å². The predicted octanol–water partition coefficient (Wildman–Crippen LogP) is 4.48. The Bertz CT molecular complexity index is 673. The lowest BCUT2D eigenvalue weighted by Crippen LogP contribution is -2.43. The van der Waals surface area contributed by atoms with Crippen molar-refractivity contribution in [1.82, 2.24) is 4.90 Å². The lowest BCUT2D eigenvalue weighted by Gasteiger charge is -2.39. The van der Waals surface area contributed by atoms with Crippen LogP contribution in [-0.4, -0.2) is 29.6 Å². The molecule has 0 aromatic heterocycles. The lowest BCUT2D eigenvalue weighted by atomic mass is 9.80. The largest absolute Gasteiger partial charge is 0.385 e. The molecule has 0 saturated carbocycles. The van der Waals surface area contributed by atoms with Gasteiger partial charge >= 0.3 is 0 Å². The van der Waals surface area contributed by atoms with Crippen molar-refractivity contribution >= 4 is 0 Å². The van der Waals surface area contributed by atoms with Gasteiger partial charge in [-0.05, 0) is 54.5 Å². The first-order chi connectivity index (χ1) is 11.9. The smallest absolute Gasteiger partial charge is 0.123 e. The minimum absolute atomic E-state index is 0.0148. The van der Waals surface area contributed by atoms with Crippen molar-refractivity contribution in [2.24, 2.45) is 0 Å². The second kappa shape index (κ2) is 7.27. The molecule has 0 unspecified atom stereocenters. The van der Waals surface area contributed by atoms with Gasteiger partial charge in [0, 0.05) is 13.1 Å². The molecule has 1 aliphatic heterocycles. The highest BCUT2D eigenvalue weighted by atomic mass is 19.1. The minimum atomic E-state index is -0.690. The molecule has 2 nitrogen and oxygen atoms in total. The summed E-state index contributed by atoms with van der Waals surface area (Å²) in [6.07, 6.45) is 2.56. The van der Waals surface area contributed by atoms with Crippen molar-refractivity contribution in [3.05, 3.63) is 71.5 Å². The van der Waals surface area contributed by atoms with Crippen molar-refractivity contribution in [3.63, 3.8) is 0 Å². The molecule has 1 fully saturated rings. The topological polar surface area (TPSA) is 23.5 Å². The van der Waals surface area contributed by atoms with E-state index in [2.05, 4.69) is 18.7 Å². The van der Waals surface area contributed by atoms with Crippen molar-refractivity contribution in [2.45, 2.75) is 44.1 Å². The fourth-order valence-electron chi connectivity index (χ4n) is 3.67. The van der Waals surface area contributed by atoms with Crippen LogP contribution in [0.3, 0.4) is 0 Å². The minimum Gasteiger partial charge on any atom is -0.385 e. The van der Waals surface area contributed by atoms with Crippen molar-refractivity contribution in [3.8, 4) is 0 Å². The fraction of sp³-hybridized carbons (Fsp3) is 0.455. The monoisotopic (exact) mass is 341 g/mol. The highest BCUT2D eigenvalue weighted by Gasteiger charge is 2.34. The Labute approximate surface area is 150 Å². The van der Waals surface area contributed by atoms with Crippen LogP contribution in [0.2, 0.25) is 0 Å². The van der Waals surface area contributed by atoms with Crippen LogP contribution >= 0.6 is 0 Å². The predicted molar refractivity (Wildman–Crippen MR) is 100 cm³/mol. The second-order valence-electron chi connectivity index (χ2n) is 7.88. The molecule has 1 N–H and O–H groups in total. The Hall–Kier alpha value is -1.71. The third-order valence-corrected chi connectivity index (χ3v) is 5.67. The van der Waals surface area contributed by atoms with Gasteiger partial charge in [0.1, 0.15) is 5.82 Å². The van der Waals surface area contributed by atoms with Gasteiger partial charge in [0.25, 0.3) is 0 Å². The molecule has 25 heavy (non-hydrogen) atoms. The summed E-state index contributed by atoms with van der Waals surface area (Å²) in [5.74, 6) is -0.184. The molecule has 0 spiro atoms. The molecule has 0 radical (unpaired) electrons. The molecule has 0 amide bonds. The van der Waals surface area contributed by atoms with E-state index in [1.165, 1.54) is 17.7 Å². The molecule has 2 aromatic carbocycles. The van der Waals surface area contributed by atoms with Crippen LogP contribution in [0.1, 0.15) is 44.2 Å². The molecule has 0 atom stereocenters. The van der Waals surface area contributed by atoms with E-state index < -0.39 is 5.60 Å². The van der Waals surface area contributed by atoms with E-state index in [9.17, 15) is 9.50 Å². The van der Waals surface area contributed by atoms with Gasteiger partial charge in [0.2, 0.25) is 0 Å². The van der Waals surface area contributed by atoms with E-state index in [0.29, 0.717) is 0 Å². The van der Waals surface area contributed by atoms with Gasteiger partial charge in [0.15, 0.2) is 0 Å². The lowest BCUT2D eigenvalue weighted by molar-refractivity contribution is -0.0268. The molecule has 1 aliphatic rings. The quantitative estimate of drug-likeness (QED) is 0.867. The zero-order chi connectivity index (χ0) is 17.9. The summed E-state index contributed by atoms with van der Waals surface area (Å²) in [6.45, 7) is 7.24. The standard InChI is InChI=1S/C22H28FNO/c1-21(2,18-8-10-20(23)11-9-18)12-15-24-16-13-22(25,14-17-24)19-6-4-3-5-7-19/h3-11,25H,12-17H2,1-2H3. The summed E-state index contributed by atoms with van der Waals surface area (Å²) in [7, 11) is 0. The third-order valence-electron chi connectivity index (χ3n) is 5.67. The molecular weight excluding hydrogens is 313 g/mol. The molecule has 2 aromatic rings. The Morgan fingerprint density at radius 1 is 1.00 bits per heavy atom. The zero-order valence-electron chi connectivity index (χ0n) is 15.2. The number of rotatable bonds is 5. The Balaban J connectivity index is 1.55. The van der Waals surface area contributed by atoms with E-state index in [1.54, 1.807) is 0 Å². The average Bonchev–Trinajstić information content (AvgIpc) is 2.62. The van der Waals surface area contributed by atoms with Crippen LogP contribution in [0, 0.1) is 5.82 Å². The van der Waals surface area contributed by atoms with Gasteiger partial charge in [-0.2, -0.15) is 0 Å². The SMILES string of the molecule is CC(C)(CCN1CCC(O)(c2ccccc2)CC1)c1ccc(F)cc1. The van der Waals surface area contributed by atoms with Gasteiger partial charge in [-0.25, -0.2) is 4.39 Å². The number of halogens is 1. The number of hydrogen-bond acceptors (Lipinski definition) is 2. The molecule has 134 valence electrons. The normalized spacial score (nSPS) is 18.2. The number of nitrogens with zero attached hydrogens (tertiary/aromatic N) is 1. The van der Waals surface area contributed by atoms with Crippen molar-refractivity contribution < 1.29 is 9.50 Å². The summed E-state index contributed by atoms with van der Waals surface area (Å²) in [5.41, 5.74) is 1.53. The summed E-state index contributed by atoms with van der Waals surface area (Å²) >= 11 is 0. The van der Waals surface area contributed by atoms with Crippen molar-refractivity contribution in [2.75, 3.05) is 19.6 Å². The molecule has 0 aliphatic carbocycles. The molecular formula is C22H28FNO. The van der Waals surface area contributed by atoms with Gasteiger partial charge in [-0.3, -0.25) is 0 Å². The van der Waals surface area contributed by atoms with E-state index in [4.69, 9.17) is 0 Å². The summed E-state index contributed by atoms with van der Waals surface area (Å²) in [6, 6.07) is 16.9. The highest BCUT2D eigenvalue weighted by molar-refractivity contribution is 5.25. The number of likely N-dealkylation sites (tertiary alicyclic amines) is 1. The third kappa shape index (κ3) is 4.28. The highest BCUT2D eigenvalue weighted by Crippen LogP contribution is 2.34. The Kier molecular flexibility index (Phi) is 5.26. The molecule has 3 rings (SSSR count). The maximum Gasteiger partial charge on any atom is 0.123 e. The average molecular weight is 341 g/mol. The van der Waals surface area contributed by atoms with Crippen LogP contribution in [-0.2, 0) is 11.0 Å². The molecule has 3 heteroatoms. The molecule has 0 bridgehead atoms. The Morgan fingerprint density at radius 2 is 1.60 bits per heavy atom. The first-order valence-corrected chi connectivity index (χ1v) is 9.15. The van der Waals surface area contributed by atoms with Gasteiger partial charge < -0.3 is 10.0 Å². The van der Waals surface area contributed by atoms with Crippen LogP contribution < -0.4 is 0 Å². The number of aliphatic hydroxyl groups is 1. The zero-order valence-corrected chi connectivity index (χ0v) is 15.2. The molecule has 1 heterocycles. The van der Waals surface area contributed by atoms with E-state index >= 15 is 0 Å². The van der Waals surface area contributed by atoms with Gasteiger partial charge in [-0.1, -0.05) is 56.3 Å². The fourth-order valence-corrected chi connectivity index (χ4v) is 3.67. The number of benzene rings is 2. The first-order valence-electron chi connectivity index (χ1n) is 9.15. The van der Waals surface area contributed by atoms with E-state index in [1.807, 2.05) is 42.5 Å². The number of piperidine rings is 1. The first kappa shape index (κ1) is 18.1. The Morgan fingerprint density at radius 3 is 2.20 bits per heavy atom. The number of hydrogen-bond donors (Lipinski definition) is 1. The van der Waals surface area contributed by atoms with Crippen LogP contribution in [0.15, 0.2) is 54.6 Å². The summed E-state index contributed by atoms with van der Waals surface area (Å²) in [5, 5.41) is 10.9. The second-order valence-corrected chi connectivity index (χ2v) is 7.88. The summed E-state index contributed by atoms with van der Waals surface area (Å²) in [4.78, 5) is 2.43. The van der Waals surface area contributed by atoms with E-state index in [-0.39, 0.29) is 11.2 Å².